The Morgan fingerprint density at radius 1 is 0.524 bits per heavy atom. The fourth-order valence-electron chi connectivity index (χ4n) is 4.74. The summed E-state index contributed by atoms with van der Waals surface area (Å²) in [7, 11) is 0. The van der Waals surface area contributed by atoms with Crippen molar-refractivity contribution in [3.05, 3.63) is 0 Å². The number of nitrogens with two attached hydrogens (primary N) is 1. The van der Waals surface area contributed by atoms with Crippen molar-refractivity contribution in [2.75, 3.05) is 26.2 Å². The van der Waals surface area contributed by atoms with E-state index in [1.165, 1.54) is 96.8 Å². The maximum absolute atomic E-state index is 6.06. The summed E-state index contributed by atoms with van der Waals surface area (Å²) < 4.78 is 0. The van der Waals surface area contributed by atoms with E-state index in [2.05, 4.69) is 9.80 Å². The van der Waals surface area contributed by atoms with Gasteiger partial charge in [0.2, 0.25) is 0 Å². The molecule has 0 bridgehead atoms. The van der Waals surface area contributed by atoms with E-state index in [0.29, 0.717) is 6.04 Å². The molecule has 2 saturated heterocycles. The molecule has 21 heavy (non-hydrogen) atoms. The van der Waals surface area contributed by atoms with Crippen molar-refractivity contribution in [1.82, 2.24) is 9.80 Å². The number of hydrogen-bond acceptors (Lipinski definition) is 3. The summed E-state index contributed by atoms with van der Waals surface area (Å²) >= 11 is 0. The first-order chi connectivity index (χ1) is 10.3. The molecule has 3 fully saturated rings. The zero-order valence-electron chi connectivity index (χ0n) is 13.8. The van der Waals surface area contributed by atoms with Gasteiger partial charge in [-0.15, -0.1) is 0 Å². The Hall–Kier alpha value is -0.120. The zero-order valence-corrected chi connectivity index (χ0v) is 13.8. The van der Waals surface area contributed by atoms with Crippen molar-refractivity contribution in [2.45, 2.75) is 88.8 Å². The minimum Gasteiger partial charge on any atom is -0.328 e. The fraction of sp³-hybridized carbons (Fsp3) is 1.00. The van der Waals surface area contributed by atoms with Crippen LogP contribution >= 0.6 is 0 Å². The monoisotopic (exact) mass is 293 g/mol. The van der Waals surface area contributed by atoms with Gasteiger partial charge >= 0.3 is 0 Å². The van der Waals surface area contributed by atoms with Gasteiger partial charge in [-0.25, -0.2) is 0 Å². The minimum atomic E-state index is 0.467. The Balaban J connectivity index is 1.49. The maximum Gasteiger partial charge on any atom is 0.0108 e. The molecule has 3 aliphatic rings. The lowest BCUT2D eigenvalue weighted by molar-refractivity contribution is 0.133. The van der Waals surface area contributed by atoms with Gasteiger partial charge in [-0.05, 0) is 71.1 Å². The first-order valence-corrected chi connectivity index (χ1v) is 9.56. The first-order valence-electron chi connectivity index (χ1n) is 9.56. The second-order valence-electron chi connectivity index (χ2n) is 7.64. The molecule has 3 nitrogen and oxygen atoms in total. The predicted octanol–water partition coefficient (Wildman–Crippen LogP) is 2.99. The Morgan fingerprint density at radius 2 is 1.05 bits per heavy atom. The van der Waals surface area contributed by atoms with Gasteiger partial charge in [0.15, 0.2) is 0 Å². The predicted molar refractivity (Wildman–Crippen MR) is 89.5 cm³/mol. The van der Waals surface area contributed by atoms with Crippen LogP contribution in [0.15, 0.2) is 0 Å². The van der Waals surface area contributed by atoms with E-state index in [0.717, 1.165) is 12.1 Å². The Labute approximate surface area is 131 Å². The highest BCUT2D eigenvalue weighted by Crippen LogP contribution is 2.26. The number of hydrogen-bond donors (Lipinski definition) is 1. The second kappa shape index (κ2) is 7.94. The van der Waals surface area contributed by atoms with Crippen LogP contribution < -0.4 is 5.73 Å². The van der Waals surface area contributed by atoms with E-state index in [1.54, 1.807) is 0 Å². The van der Waals surface area contributed by atoms with Crippen molar-refractivity contribution in [1.29, 1.82) is 0 Å². The molecule has 2 heterocycles. The molecular weight excluding hydrogens is 258 g/mol. The summed E-state index contributed by atoms with van der Waals surface area (Å²) in [6, 6.07) is 2.21. The maximum atomic E-state index is 6.06. The van der Waals surface area contributed by atoms with Crippen LogP contribution in [0.2, 0.25) is 0 Å². The Kier molecular flexibility index (Phi) is 5.96. The summed E-state index contributed by atoms with van der Waals surface area (Å²) in [4.78, 5) is 5.60. The van der Waals surface area contributed by atoms with Gasteiger partial charge in [0.25, 0.3) is 0 Å². The summed E-state index contributed by atoms with van der Waals surface area (Å²) in [5.74, 6) is 0. The molecule has 1 aliphatic carbocycles. The summed E-state index contributed by atoms with van der Waals surface area (Å²) in [5.41, 5.74) is 6.06. The Bertz CT molecular complexity index is 291. The summed E-state index contributed by atoms with van der Waals surface area (Å²) in [6.45, 7) is 5.19. The molecule has 0 spiro atoms. The molecule has 3 heteroatoms. The molecular formula is C18H35N3. The quantitative estimate of drug-likeness (QED) is 0.795. The number of nitrogens with zero attached hydrogens (tertiary/aromatic N) is 2. The Morgan fingerprint density at radius 3 is 1.76 bits per heavy atom. The highest BCUT2D eigenvalue weighted by atomic mass is 15.2. The number of rotatable bonds is 2. The van der Waals surface area contributed by atoms with E-state index < -0.39 is 0 Å². The summed E-state index contributed by atoms with van der Waals surface area (Å²) in [6.07, 6.45) is 15.4. The van der Waals surface area contributed by atoms with Crippen LogP contribution in [0.3, 0.4) is 0 Å². The van der Waals surface area contributed by atoms with Gasteiger partial charge in [-0.1, -0.05) is 25.7 Å². The normalized spacial score (nSPS) is 32.7. The van der Waals surface area contributed by atoms with Gasteiger partial charge in [0.05, 0.1) is 0 Å². The van der Waals surface area contributed by atoms with Crippen LogP contribution in [0, 0.1) is 0 Å². The summed E-state index contributed by atoms with van der Waals surface area (Å²) in [5, 5.41) is 0. The van der Waals surface area contributed by atoms with E-state index in [1.807, 2.05) is 0 Å². The molecule has 2 aliphatic heterocycles. The van der Waals surface area contributed by atoms with Gasteiger partial charge < -0.3 is 15.5 Å². The molecule has 0 aromatic carbocycles. The third kappa shape index (κ3) is 4.43. The van der Waals surface area contributed by atoms with Crippen molar-refractivity contribution in [2.24, 2.45) is 5.73 Å². The molecule has 1 saturated carbocycles. The van der Waals surface area contributed by atoms with Crippen LogP contribution in [-0.4, -0.2) is 54.1 Å². The molecule has 0 aromatic rings. The van der Waals surface area contributed by atoms with E-state index in [4.69, 9.17) is 5.73 Å². The minimum absolute atomic E-state index is 0.467. The van der Waals surface area contributed by atoms with E-state index in [9.17, 15) is 0 Å². The molecule has 1 unspecified atom stereocenters. The lowest BCUT2D eigenvalue weighted by Crippen LogP contribution is -2.45. The van der Waals surface area contributed by atoms with Crippen molar-refractivity contribution in [3.8, 4) is 0 Å². The molecule has 3 rings (SSSR count). The van der Waals surface area contributed by atoms with Crippen molar-refractivity contribution >= 4 is 0 Å². The first kappa shape index (κ1) is 15.8. The third-order valence-electron chi connectivity index (χ3n) is 6.16. The zero-order chi connectivity index (χ0) is 14.5. The molecule has 0 radical (unpaired) electrons. The largest absolute Gasteiger partial charge is 0.328 e. The fourth-order valence-corrected chi connectivity index (χ4v) is 4.74. The van der Waals surface area contributed by atoms with Crippen LogP contribution in [0.1, 0.15) is 70.6 Å². The van der Waals surface area contributed by atoms with Crippen molar-refractivity contribution < 1.29 is 0 Å². The third-order valence-corrected chi connectivity index (χ3v) is 6.16. The van der Waals surface area contributed by atoms with Crippen LogP contribution in [0.25, 0.3) is 0 Å². The average molecular weight is 293 g/mol. The van der Waals surface area contributed by atoms with Gasteiger partial charge in [0.1, 0.15) is 0 Å². The lowest BCUT2D eigenvalue weighted by atomic mass is 10.0. The van der Waals surface area contributed by atoms with Crippen molar-refractivity contribution in [3.63, 3.8) is 0 Å². The van der Waals surface area contributed by atoms with Gasteiger partial charge in [0, 0.05) is 18.1 Å². The van der Waals surface area contributed by atoms with E-state index in [-0.39, 0.29) is 0 Å². The molecule has 122 valence electrons. The van der Waals surface area contributed by atoms with Gasteiger partial charge in [-0.2, -0.15) is 0 Å². The molecule has 1 atom stereocenters. The van der Waals surface area contributed by atoms with E-state index >= 15 is 0 Å². The second-order valence-corrected chi connectivity index (χ2v) is 7.64. The number of likely N-dealkylation sites (tertiary alicyclic amines) is 2. The standard InChI is InChI=1S/C18H35N3/c19-16-9-13-21(14-10-16)18-8-5-12-20(15-11-18)17-6-3-1-2-4-7-17/h16-18H,1-15,19H2. The molecule has 0 amide bonds. The smallest absolute Gasteiger partial charge is 0.0108 e. The average Bonchev–Trinajstić information content (AvgIpc) is 2.90. The lowest BCUT2D eigenvalue weighted by Gasteiger charge is -2.36. The van der Waals surface area contributed by atoms with Crippen LogP contribution in [0.5, 0.6) is 0 Å². The highest BCUT2D eigenvalue weighted by Gasteiger charge is 2.28. The number of piperidine rings is 1. The SMILES string of the molecule is NC1CCN(C2CCCN(C3CCCCCC3)CC2)CC1. The van der Waals surface area contributed by atoms with Crippen LogP contribution in [0.4, 0.5) is 0 Å². The highest BCUT2D eigenvalue weighted by molar-refractivity contribution is 4.85. The molecule has 0 aromatic heterocycles. The van der Waals surface area contributed by atoms with Gasteiger partial charge in [-0.3, -0.25) is 0 Å². The van der Waals surface area contributed by atoms with Crippen LogP contribution in [-0.2, 0) is 0 Å². The topological polar surface area (TPSA) is 32.5 Å². The molecule has 2 N–H and O–H groups in total.